The van der Waals surface area contributed by atoms with Gasteiger partial charge in [0.2, 0.25) is 11.8 Å². The summed E-state index contributed by atoms with van der Waals surface area (Å²) in [5, 5.41) is 2.47. The van der Waals surface area contributed by atoms with Crippen LogP contribution in [0.3, 0.4) is 0 Å². The third-order valence-electron chi connectivity index (χ3n) is 3.37. The molecule has 2 unspecified atom stereocenters. The highest BCUT2D eigenvalue weighted by atomic mass is 16.2. The second-order valence-electron chi connectivity index (χ2n) is 4.16. The Labute approximate surface area is 87.5 Å². The van der Waals surface area contributed by atoms with Crippen LogP contribution in [0.4, 0.5) is 0 Å². The van der Waals surface area contributed by atoms with Gasteiger partial charge >= 0.3 is 0 Å². The van der Waals surface area contributed by atoms with E-state index >= 15 is 0 Å². The molecule has 3 nitrogen and oxygen atoms in total. The van der Waals surface area contributed by atoms with Crippen LogP contribution in [-0.4, -0.2) is 11.8 Å². The minimum atomic E-state index is -0.132. The first-order valence-corrected chi connectivity index (χ1v) is 5.21. The molecular formula is C12H11NO2. The van der Waals surface area contributed by atoms with Crippen LogP contribution in [0.1, 0.15) is 35.8 Å². The molecular weight excluding hydrogens is 190 g/mol. The van der Waals surface area contributed by atoms with Crippen LogP contribution in [0.15, 0.2) is 24.3 Å². The van der Waals surface area contributed by atoms with E-state index in [1.165, 1.54) is 0 Å². The van der Waals surface area contributed by atoms with Crippen LogP contribution >= 0.6 is 0 Å². The molecule has 0 saturated carbocycles. The fraction of sp³-hybridized carbons (Fsp3) is 0.333. The molecule has 1 N–H and O–H groups in total. The summed E-state index contributed by atoms with van der Waals surface area (Å²) in [7, 11) is 0. The molecule has 15 heavy (non-hydrogen) atoms. The Kier molecular flexibility index (Phi) is 1.69. The van der Waals surface area contributed by atoms with E-state index in [0.29, 0.717) is 0 Å². The number of hydrogen-bond acceptors (Lipinski definition) is 2. The molecule has 1 aromatic carbocycles. The Hall–Kier alpha value is -1.64. The minimum absolute atomic E-state index is 0.121. The van der Waals surface area contributed by atoms with Crippen LogP contribution in [-0.2, 0) is 9.59 Å². The number of hydrogen-bond donors (Lipinski definition) is 1. The zero-order chi connectivity index (χ0) is 10.4. The maximum atomic E-state index is 11.7. The maximum absolute atomic E-state index is 11.7. The average molecular weight is 201 g/mol. The molecule has 4 rings (SSSR count). The number of benzene rings is 1. The normalized spacial score (nSPS) is 28.3. The summed E-state index contributed by atoms with van der Waals surface area (Å²) in [6.07, 6.45) is 1.58. The first-order chi connectivity index (χ1) is 7.27. The van der Waals surface area contributed by atoms with E-state index in [1.807, 2.05) is 24.3 Å². The number of rotatable bonds is 0. The van der Waals surface area contributed by atoms with Crippen molar-refractivity contribution >= 4 is 11.8 Å². The summed E-state index contributed by atoms with van der Waals surface area (Å²) < 4.78 is 0. The van der Waals surface area contributed by atoms with Gasteiger partial charge in [0, 0.05) is 0 Å². The average Bonchev–Trinajstić information content (AvgIpc) is 2.45. The third-order valence-corrected chi connectivity index (χ3v) is 3.37. The number of carbonyl (C=O) groups is 2. The molecule has 3 aliphatic rings. The van der Waals surface area contributed by atoms with Crippen LogP contribution in [0, 0.1) is 0 Å². The van der Waals surface area contributed by atoms with Crippen LogP contribution in [0.25, 0.3) is 0 Å². The highest BCUT2D eigenvalue weighted by Crippen LogP contribution is 2.41. The lowest BCUT2D eigenvalue weighted by molar-refractivity contribution is -0.130. The molecule has 1 aromatic rings. The van der Waals surface area contributed by atoms with Crippen molar-refractivity contribution in [1.29, 1.82) is 0 Å². The zero-order valence-electron chi connectivity index (χ0n) is 8.19. The van der Waals surface area contributed by atoms with Gasteiger partial charge in [-0.3, -0.25) is 14.9 Å². The van der Waals surface area contributed by atoms with Gasteiger partial charge in [0.25, 0.3) is 0 Å². The van der Waals surface area contributed by atoms with Crippen molar-refractivity contribution in [1.82, 2.24) is 5.32 Å². The molecule has 2 aliphatic heterocycles. The number of carbonyl (C=O) groups excluding carboxylic acids is 2. The molecule has 2 bridgehead atoms. The molecule has 2 atom stereocenters. The van der Waals surface area contributed by atoms with Crippen LogP contribution in [0.5, 0.6) is 0 Å². The minimum Gasteiger partial charge on any atom is -0.295 e. The van der Waals surface area contributed by atoms with Gasteiger partial charge in [0.05, 0.1) is 11.8 Å². The second-order valence-corrected chi connectivity index (χ2v) is 4.16. The first kappa shape index (κ1) is 8.65. The lowest BCUT2D eigenvalue weighted by atomic mass is 9.78. The monoisotopic (exact) mass is 201 g/mol. The van der Waals surface area contributed by atoms with Crippen molar-refractivity contribution in [2.24, 2.45) is 0 Å². The Bertz CT molecular complexity index is 412. The quantitative estimate of drug-likeness (QED) is 0.643. The van der Waals surface area contributed by atoms with Crippen molar-refractivity contribution in [3.63, 3.8) is 0 Å². The topological polar surface area (TPSA) is 46.2 Å². The number of imide groups is 1. The standard InChI is InChI=1S/C12H11NO2/c14-11-9-5-6-10(12(15)13-11)8-4-2-1-3-7(8)9/h1-4,9-10H,5-6H2,(H,13,14,15). The summed E-state index contributed by atoms with van der Waals surface area (Å²) in [5.41, 5.74) is 2.08. The van der Waals surface area contributed by atoms with E-state index in [1.54, 1.807) is 0 Å². The largest absolute Gasteiger partial charge is 0.295 e. The van der Waals surface area contributed by atoms with Crippen molar-refractivity contribution in [3.05, 3.63) is 35.4 Å². The fourth-order valence-electron chi connectivity index (χ4n) is 2.63. The number of amides is 2. The number of fused-ring (bicyclic) bond motifs is 3. The molecule has 2 heterocycles. The van der Waals surface area contributed by atoms with Gasteiger partial charge in [-0.2, -0.15) is 0 Å². The Morgan fingerprint density at radius 2 is 1.40 bits per heavy atom. The highest BCUT2D eigenvalue weighted by Gasteiger charge is 2.39. The van der Waals surface area contributed by atoms with Crippen LogP contribution < -0.4 is 5.32 Å². The summed E-state index contributed by atoms with van der Waals surface area (Å²) in [5.74, 6) is -0.507. The van der Waals surface area contributed by atoms with E-state index < -0.39 is 0 Å². The lowest BCUT2D eigenvalue weighted by Crippen LogP contribution is -2.31. The van der Waals surface area contributed by atoms with Crippen LogP contribution in [0.2, 0.25) is 0 Å². The Morgan fingerprint density at radius 3 is 1.87 bits per heavy atom. The molecule has 1 fully saturated rings. The molecule has 1 aliphatic carbocycles. The molecule has 3 heteroatoms. The smallest absolute Gasteiger partial charge is 0.234 e. The van der Waals surface area contributed by atoms with Crippen molar-refractivity contribution in [2.75, 3.05) is 0 Å². The summed E-state index contributed by atoms with van der Waals surface area (Å²) in [6, 6.07) is 7.78. The van der Waals surface area contributed by atoms with Gasteiger partial charge in [-0.1, -0.05) is 24.3 Å². The van der Waals surface area contributed by atoms with E-state index in [-0.39, 0.29) is 23.7 Å². The van der Waals surface area contributed by atoms with Gasteiger partial charge in [0.1, 0.15) is 0 Å². The Balaban J connectivity index is 2.24. The molecule has 0 aromatic heterocycles. The summed E-state index contributed by atoms with van der Waals surface area (Å²) >= 11 is 0. The summed E-state index contributed by atoms with van der Waals surface area (Å²) in [4.78, 5) is 23.4. The molecule has 76 valence electrons. The molecule has 2 amide bonds. The summed E-state index contributed by atoms with van der Waals surface area (Å²) in [6.45, 7) is 0. The zero-order valence-corrected chi connectivity index (χ0v) is 8.19. The highest BCUT2D eigenvalue weighted by molar-refractivity contribution is 6.04. The fourth-order valence-corrected chi connectivity index (χ4v) is 2.63. The van der Waals surface area contributed by atoms with Crippen molar-refractivity contribution < 1.29 is 9.59 Å². The van der Waals surface area contributed by atoms with Gasteiger partial charge < -0.3 is 0 Å². The van der Waals surface area contributed by atoms with Gasteiger partial charge in [0.15, 0.2) is 0 Å². The second kappa shape index (κ2) is 2.92. The SMILES string of the molecule is O=C1NC(=O)C2CCC1c1ccccc12. The van der Waals surface area contributed by atoms with Gasteiger partial charge in [-0.15, -0.1) is 0 Å². The van der Waals surface area contributed by atoms with E-state index in [2.05, 4.69) is 5.32 Å². The van der Waals surface area contributed by atoms with E-state index in [9.17, 15) is 9.59 Å². The van der Waals surface area contributed by atoms with Crippen molar-refractivity contribution in [2.45, 2.75) is 24.7 Å². The Morgan fingerprint density at radius 1 is 0.933 bits per heavy atom. The lowest BCUT2D eigenvalue weighted by Gasteiger charge is -2.23. The maximum Gasteiger partial charge on any atom is 0.234 e. The predicted molar refractivity (Wildman–Crippen MR) is 54.3 cm³/mol. The van der Waals surface area contributed by atoms with Gasteiger partial charge in [-0.05, 0) is 24.0 Å². The predicted octanol–water partition coefficient (Wildman–Crippen LogP) is 1.30. The van der Waals surface area contributed by atoms with E-state index in [4.69, 9.17) is 0 Å². The molecule has 0 spiro atoms. The molecule has 0 radical (unpaired) electrons. The van der Waals surface area contributed by atoms with E-state index in [0.717, 1.165) is 24.0 Å². The molecule has 1 saturated heterocycles. The van der Waals surface area contributed by atoms with Gasteiger partial charge in [-0.25, -0.2) is 0 Å². The van der Waals surface area contributed by atoms with Crippen molar-refractivity contribution in [3.8, 4) is 0 Å². The first-order valence-electron chi connectivity index (χ1n) is 5.21. The number of nitrogens with one attached hydrogen (secondary N) is 1. The third kappa shape index (κ3) is 1.12.